The Hall–Kier alpha value is -9.50. The molecule has 66 heavy (non-hydrogen) atoms. The Labute approximate surface area is 380 Å². The fraction of sp³-hybridized carbons (Fsp3) is 0. The van der Waals surface area contributed by atoms with E-state index in [0.717, 1.165) is 66.1 Å². The maximum atomic E-state index is 10.7. The first kappa shape index (κ1) is 39.4. The summed E-state index contributed by atoms with van der Waals surface area (Å²) < 4.78 is 0. The van der Waals surface area contributed by atoms with Crippen molar-refractivity contribution in [2.45, 2.75) is 0 Å². The van der Waals surface area contributed by atoms with Crippen molar-refractivity contribution in [3.63, 3.8) is 0 Å². The Kier molecular flexibility index (Phi) is 10.1. The van der Waals surface area contributed by atoms with Gasteiger partial charge in [-0.2, -0.15) is 10.5 Å². The number of benzene rings is 9. The molecule has 0 bridgehead atoms. The van der Waals surface area contributed by atoms with Crippen molar-refractivity contribution in [2.24, 2.45) is 0 Å². The van der Waals surface area contributed by atoms with E-state index in [2.05, 4.69) is 36.4 Å². The van der Waals surface area contributed by atoms with E-state index in [1.54, 1.807) is 0 Å². The van der Waals surface area contributed by atoms with Gasteiger partial charge in [0.25, 0.3) is 0 Å². The maximum absolute atomic E-state index is 10.7. The predicted molar refractivity (Wildman–Crippen MR) is 261 cm³/mol. The summed E-state index contributed by atoms with van der Waals surface area (Å²) in [5.74, 6) is 3.11. The third kappa shape index (κ3) is 7.47. The zero-order chi connectivity index (χ0) is 44.4. The van der Waals surface area contributed by atoms with Crippen molar-refractivity contribution >= 4 is 21.5 Å². The minimum Gasteiger partial charge on any atom is -0.208 e. The molecule has 0 radical (unpaired) electrons. The fourth-order valence-corrected chi connectivity index (χ4v) is 8.41. The van der Waals surface area contributed by atoms with Gasteiger partial charge in [-0.1, -0.05) is 164 Å². The second kappa shape index (κ2) is 17.0. The number of aromatic nitrogens is 6. The van der Waals surface area contributed by atoms with Crippen LogP contribution >= 0.6 is 0 Å². The Morgan fingerprint density at radius 1 is 0.258 bits per heavy atom. The SMILES string of the molecule is N#Cc1ccc(-c2nc(-c3ccccc3)nc(-c3ccccc3)n2)cc1-c1cccc2cccc(-c3cc(-c4nc(-c5ccccc5)nc(-c5ccc6ccccc6c5)n4)ccc3C#N)c12. The summed E-state index contributed by atoms with van der Waals surface area (Å²) in [5.41, 5.74) is 8.90. The van der Waals surface area contributed by atoms with Gasteiger partial charge in [0.15, 0.2) is 34.9 Å². The quantitative estimate of drug-likeness (QED) is 0.148. The van der Waals surface area contributed by atoms with Crippen LogP contribution in [0.2, 0.25) is 0 Å². The van der Waals surface area contributed by atoms with Crippen LogP contribution in [0.1, 0.15) is 11.1 Å². The number of hydrogen-bond donors (Lipinski definition) is 0. The highest BCUT2D eigenvalue weighted by Gasteiger charge is 2.20. The fourth-order valence-electron chi connectivity index (χ4n) is 8.41. The maximum Gasteiger partial charge on any atom is 0.164 e. The van der Waals surface area contributed by atoms with Crippen molar-refractivity contribution in [3.8, 4) is 103 Å². The molecule has 0 atom stereocenters. The van der Waals surface area contributed by atoms with Gasteiger partial charge in [-0.05, 0) is 75.1 Å². The molecule has 0 unspecified atom stereocenters. The third-order valence-corrected chi connectivity index (χ3v) is 11.7. The predicted octanol–water partition coefficient (Wildman–Crippen LogP) is 13.4. The number of nitrogens with zero attached hydrogens (tertiary/aromatic N) is 8. The first-order chi connectivity index (χ1) is 32.6. The van der Waals surface area contributed by atoms with Crippen molar-refractivity contribution < 1.29 is 0 Å². The first-order valence-corrected chi connectivity index (χ1v) is 21.4. The molecule has 2 aromatic heterocycles. The zero-order valence-corrected chi connectivity index (χ0v) is 35.2. The zero-order valence-electron chi connectivity index (χ0n) is 35.2. The lowest BCUT2D eigenvalue weighted by atomic mass is 9.87. The van der Waals surface area contributed by atoms with Gasteiger partial charge in [0.2, 0.25) is 0 Å². The molecule has 8 heteroatoms. The van der Waals surface area contributed by atoms with Crippen LogP contribution in [0, 0.1) is 22.7 Å². The summed E-state index contributed by atoms with van der Waals surface area (Å²) in [6, 6.07) is 72.4. The number of hydrogen-bond acceptors (Lipinski definition) is 8. The van der Waals surface area contributed by atoms with E-state index >= 15 is 0 Å². The molecule has 0 saturated carbocycles. The van der Waals surface area contributed by atoms with Crippen molar-refractivity contribution in [3.05, 3.63) is 217 Å². The highest BCUT2D eigenvalue weighted by Crippen LogP contribution is 2.41. The van der Waals surface area contributed by atoms with Crippen LogP contribution in [0.25, 0.3) is 112 Å². The van der Waals surface area contributed by atoms with Crippen LogP contribution in [-0.4, -0.2) is 29.9 Å². The molecule has 0 aliphatic carbocycles. The Morgan fingerprint density at radius 3 is 1.03 bits per heavy atom. The molecule has 0 fully saturated rings. The monoisotopic (exact) mass is 842 g/mol. The lowest BCUT2D eigenvalue weighted by molar-refractivity contribution is 1.07. The highest BCUT2D eigenvalue weighted by molar-refractivity contribution is 6.08. The van der Waals surface area contributed by atoms with E-state index in [9.17, 15) is 10.5 Å². The van der Waals surface area contributed by atoms with Gasteiger partial charge in [0, 0.05) is 44.5 Å². The smallest absolute Gasteiger partial charge is 0.164 e. The molecular formula is C58H34N8. The van der Waals surface area contributed by atoms with E-state index in [4.69, 9.17) is 29.9 Å². The number of rotatable bonds is 8. The molecule has 0 saturated heterocycles. The molecule has 306 valence electrons. The summed E-state index contributed by atoms with van der Waals surface area (Å²) in [6.07, 6.45) is 0. The van der Waals surface area contributed by atoms with Gasteiger partial charge < -0.3 is 0 Å². The van der Waals surface area contributed by atoms with E-state index < -0.39 is 0 Å². The molecular weight excluding hydrogens is 809 g/mol. The molecule has 11 rings (SSSR count). The minimum atomic E-state index is 0.472. The molecule has 0 N–H and O–H groups in total. The molecule has 0 spiro atoms. The van der Waals surface area contributed by atoms with Crippen molar-refractivity contribution in [1.29, 1.82) is 10.5 Å². The largest absolute Gasteiger partial charge is 0.208 e. The summed E-state index contributed by atoms with van der Waals surface area (Å²) in [5, 5.41) is 25.3. The van der Waals surface area contributed by atoms with Crippen LogP contribution < -0.4 is 0 Å². The molecule has 11 aromatic rings. The Bertz CT molecular complexity index is 3660. The van der Waals surface area contributed by atoms with Crippen LogP contribution in [0.5, 0.6) is 0 Å². The van der Waals surface area contributed by atoms with Crippen LogP contribution in [-0.2, 0) is 0 Å². The number of fused-ring (bicyclic) bond motifs is 2. The Balaban J connectivity index is 1.08. The number of nitriles is 2. The topological polar surface area (TPSA) is 125 Å². The van der Waals surface area contributed by atoms with Gasteiger partial charge in [-0.15, -0.1) is 0 Å². The third-order valence-electron chi connectivity index (χ3n) is 11.7. The summed E-state index contributed by atoms with van der Waals surface area (Å²) in [4.78, 5) is 29.9. The summed E-state index contributed by atoms with van der Waals surface area (Å²) in [6.45, 7) is 0. The first-order valence-electron chi connectivity index (χ1n) is 21.4. The molecule has 0 aliphatic rings. The molecule has 0 aliphatic heterocycles. The molecule has 2 heterocycles. The average molecular weight is 843 g/mol. The van der Waals surface area contributed by atoms with E-state index in [1.165, 1.54) is 0 Å². The highest BCUT2D eigenvalue weighted by atomic mass is 15.0. The molecule has 8 nitrogen and oxygen atoms in total. The van der Waals surface area contributed by atoms with Crippen molar-refractivity contribution in [2.75, 3.05) is 0 Å². The normalized spacial score (nSPS) is 11.0. The van der Waals surface area contributed by atoms with Gasteiger partial charge in [-0.25, -0.2) is 29.9 Å². The standard InChI is InChI=1S/C58H34N8/c59-35-46-30-28-44(57-63-53(39-15-4-1-5-16-39)61-54(64-57)40-17-6-2-7-18-40)33-50(46)48-24-12-22-38-23-13-25-49(52(38)48)51-34-45(29-31-47(51)36-60)58-65-55(41-19-8-3-9-20-41)62-56(66-58)43-27-26-37-14-10-11-21-42(37)32-43/h1-34H. The van der Waals surface area contributed by atoms with E-state index in [-0.39, 0.29) is 0 Å². The second-order valence-corrected chi connectivity index (χ2v) is 15.7. The Morgan fingerprint density at radius 2 is 0.606 bits per heavy atom. The van der Waals surface area contributed by atoms with E-state index in [1.807, 2.05) is 182 Å². The summed E-state index contributed by atoms with van der Waals surface area (Å²) in [7, 11) is 0. The van der Waals surface area contributed by atoms with Gasteiger partial charge in [-0.3, -0.25) is 0 Å². The molecule has 9 aromatic carbocycles. The van der Waals surface area contributed by atoms with E-state index in [0.29, 0.717) is 57.2 Å². The van der Waals surface area contributed by atoms with Crippen LogP contribution in [0.15, 0.2) is 206 Å². The van der Waals surface area contributed by atoms with Crippen LogP contribution in [0.3, 0.4) is 0 Å². The van der Waals surface area contributed by atoms with Gasteiger partial charge >= 0.3 is 0 Å². The lowest BCUT2D eigenvalue weighted by Gasteiger charge is -2.16. The molecule has 0 amide bonds. The van der Waals surface area contributed by atoms with Gasteiger partial charge in [0.05, 0.1) is 23.3 Å². The average Bonchev–Trinajstić information content (AvgIpc) is 3.40. The van der Waals surface area contributed by atoms with Crippen molar-refractivity contribution in [1.82, 2.24) is 29.9 Å². The second-order valence-electron chi connectivity index (χ2n) is 15.7. The minimum absolute atomic E-state index is 0.472. The van der Waals surface area contributed by atoms with Gasteiger partial charge in [0.1, 0.15) is 0 Å². The lowest BCUT2D eigenvalue weighted by Crippen LogP contribution is -2.01. The van der Waals surface area contributed by atoms with Crippen LogP contribution in [0.4, 0.5) is 0 Å². The summed E-state index contributed by atoms with van der Waals surface area (Å²) >= 11 is 0.